The van der Waals surface area contributed by atoms with E-state index in [-0.39, 0.29) is 13.2 Å². The summed E-state index contributed by atoms with van der Waals surface area (Å²) in [5.41, 5.74) is 0. The highest BCUT2D eigenvalue weighted by atomic mass is 16.5. The first-order valence-corrected chi connectivity index (χ1v) is 2.99. The number of carbonyl (C=O) groups is 2. The first-order chi connectivity index (χ1) is 5.57. The van der Waals surface area contributed by atoms with Crippen molar-refractivity contribution in [3.8, 4) is 0 Å². The van der Waals surface area contributed by atoms with Gasteiger partial charge in [-0.1, -0.05) is 0 Å². The molecule has 0 spiro atoms. The van der Waals surface area contributed by atoms with Crippen LogP contribution in [0.25, 0.3) is 0 Å². The fourth-order valence-corrected chi connectivity index (χ4v) is 0.433. The molecule has 0 unspecified atom stereocenters. The SMILES string of the molecule is O=C(O)/C=C(/OCCO)C(=O)O. The second kappa shape index (κ2) is 5.14. The van der Waals surface area contributed by atoms with Crippen LogP contribution in [0.2, 0.25) is 0 Å². The lowest BCUT2D eigenvalue weighted by Gasteiger charge is -2.02. The molecule has 0 saturated heterocycles. The van der Waals surface area contributed by atoms with Crippen molar-refractivity contribution < 1.29 is 29.6 Å². The predicted octanol–water partition coefficient (Wildman–Crippen LogP) is -0.952. The van der Waals surface area contributed by atoms with E-state index < -0.39 is 17.7 Å². The minimum absolute atomic E-state index is 0.245. The van der Waals surface area contributed by atoms with Gasteiger partial charge in [-0.15, -0.1) is 0 Å². The zero-order chi connectivity index (χ0) is 9.56. The number of carboxylic acids is 2. The van der Waals surface area contributed by atoms with Gasteiger partial charge in [0.25, 0.3) is 0 Å². The maximum Gasteiger partial charge on any atom is 0.371 e. The minimum atomic E-state index is -1.48. The third kappa shape index (κ3) is 4.29. The van der Waals surface area contributed by atoms with Gasteiger partial charge in [-0.25, -0.2) is 9.59 Å². The standard InChI is InChI=1S/C6H8O6/c7-1-2-12-4(6(10)11)3-5(8)9/h3,7H,1-2H2,(H,8,9)(H,10,11)/b4-3+. The number of rotatable bonds is 5. The summed E-state index contributed by atoms with van der Waals surface area (Å²) in [5, 5.41) is 24.7. The molecule has 68 valence electrons. The molecule has 0 fully saturated rings. The highest BCUT2D eigenvalue weighted by Crippen LogP contribution is 1.96. The molecule has 0 bridgehead atoms. The van der Waals surface area contributed by atoms with Gasteiger partial charge in [0.15, 0.2) is 0 Å². The maximum absolute atomic E-state index is 10.2. The molecule has 0 heterocycles. The smallest absolute Gasteiger partial charge is 0.371 e. The molecule has 12 heavy (non-hydrogen) atoms. The summed E-state index contributed by atoms with van der Waals surface area (Å²) in [6.45, 7) is -0.615. The van der Waals surface area contributed by atoms with E-state index in [1.54, 1.807) is 0 Å². The zero-order valence-corrected chi connectivity index (χ0v) is 6.06. The second-order valence-corrected chi connectivity index (χ2v) is 1.72. The molecule has 0 radical (unpaired) electrons. The molecule has 0 aliphatic rings. The molecule has 0 aromatic carbocycles. The molecular formula is C6H8O6. The predicted molar refractivity (Wildman–Crippen MR) is 36.4 cm³/mol. The van der Waals surface area contributed by atoms with Gasteiger partial charge < -0.3 is 20.1 Å². The summed E-state index contributed by atoms with van der Waals surface area (Å²) in [5.74, 6) is -3.59. The Hall–Kier alpha value is -1.56. The Bertz CT molecular complexity index is 206. The van der Waals surface area contributed by atoms with Crippen molar-refractivity contribution in [3.63, 3.8) is 0 Å². The van der Waals surface area contributed by atoms with Gasteiger partial charge >= 0.3 is 11.9 Å². The van der Waals surface area contributed by atoms with E-state index in [1.807, 2.05) is 0 Å². The number of hydrogen-bond donors (Lipinski definition) is 3. The van der Waals surface area contributed by atoms with E-state index in [1.165, 1.54) is 0 Å². The topological polar surface area (TPSA) is 104 Å². The lowest BCUT2D eigenvalue weighted by atomic mass is 10.4. The second-order valence-electron chi connectivity index (χ2n) is 1.72. The molecule has 0 aliphatic carbocycles. The highest BCUT2D eigenvalue weighted by molar-refractivity contribution is 5.92. The van der Waals surface area contributed by atoms with Gasteiger partial charge in [-0.05, 0) is 0 Å². The molecule has 0 rings (SSSR count). The van der Waals surface area contributed by atoms with E-state index in [0.717, 1.165) is 0 Å². The molecule has 0 aliphatic heterocycles. The summed E-state index contributed by atoms with van der Waals surface area (Å²) in [6, 6.07) is 0. The van der Waals surface area contributed by atoms with E-state index in [9.17, 15) is 9.59 Å². The van der Waals surface area contributed by atoms with Crippen LogP contribution in [0.15, 0.2) is 11.8 Å². The van der Waals surface area contributed by atoms with Crippen LogP contribution in [0.5, 0.6) is 0 Å². The summed E-state index contributed by atoms with van der Waals surface area (Å²) in [7, 11) is 0. The molecule has 0 saturated carbocycles. The number of aliphatic carboxylic acids is 2. The van der Waals surface area contributed by atoms with Crippen molar-refractivity contribution in [1.29, 1.82) is 0 Å². The van der Waals surface area contributed by atoms with Gasteiger partial charge in [0.05, 0.1) is 12.7 Å². The van der Waals surface area contributed by atoms with Crippen LogP contribution in [0, 0.1) is 0 Å². The fourth-order valence-electron chi connectivity index (χ4n) is 0.433. The van der Waals surface area contributed by atoms with Crippen LogP contribution in [0.3, 0.4) is 0 Å². The monoisotopic (exact) mass is 176 g/mol. The van der Waals surface area contributed by atoms with Crippen LogP contribution < -0.4 is 0 Å². The maximum atomic E-state index is 10.2. The lowest BCUT2D eigenvalue weighted by Crippen LogP contribution is -2.10. The third-order valence-corrected chi connectivity index (χ3v) is 0.814. The van der Waals surface area contributed by atoms with Crippen LogP contribution in [0.4, 0.5) is 0 Å². The number of carboxylic acid groups (broad SMARTS) is 2. The van der Waals surface area contributed by atoms with Crippen LogP contribution >= 0.6 is 0 Å². The molecular weight excluding hydrogens is 168 g/mol. The van der Waals surface area contributed by atoms with Crippen molar-refractivity contribution in [2.75, 3.05) is 13.2 Å². The fraction of sp³-hybridized carbons (Fsp3) is 0.333. The Labute approximate surface area is 67.7 Å². The van der Waals surface area contributed by atoms with E-state index in [0.29, 0.717) is 6.08 Å². The first-order valence-electron chi connectivity index (χ1n) is 2.99. The third-order valence-electron chi connectivity index (χ3n) is 0.814. The minimum Gasteiger partial charge on any atom is -0.484 e. The normalized spacial score (nSPS) is 10.9. The largest absolute Gasteiger partial charge is 0.484 e. The Morgan fingerprint density at radius 2 is 1.92 bits per heavy atom. The van der Waals surface area contributed by atoms with Gasteiger partial charge in [0, 0.05) is 0 Å². The van der Waals surface area contributed by atoms with Gasteiger partial charge in [0.2, 0.25) is 5.76 Å². The Morgan fingerprint density at radius 3 is 2.25 bits per heavy atom. The van der Waals surface area contributed by atoms with E-state index in [4.69, 9.17) is 15.3 Å². The first kappa shape index (κ1) is 10.4. The number of hydrogen-bond acceptors (Lipinski definition) is 4. The van der Waals surface area contributed by atoms with Crippen molar-refractivity contribution in [2.45, 2.75) is 0 Å². The molecule has 0 aromatic rings. The number of ether oxygens (including phenoxy) is 1. The van der Waals surface area contributed by atoms with Gasteiger partial charge in [-0.2, -0.15) is 0 Å². The quantitative estimate of drug-likeness (QED) is 0.368. The summed E-state index contributed by atoms with van der Waals surface area (Å²) in [6.07, 6.45) is 0.415. The van der Waals surface area contributed by atoms with Crippen molar-refractivity contribution in [1.82, 2.24) is 0 Å². The van der Waals surface area contributed by atoms with Gasteiger partial charge in [-0.3, -0.25) is 0 Å². The summed E-state index contributed by atoms with van der Waals surface area (Å²) in [4.78, 5) is 20.2. The van der Waals surface area contributed by atoms with Crippen LogP contribution in [0.1, 0.15) is 0 Å². The molecule has 0 atom stereocenters. The Kier molecular flexibility index (Phi) is 4.47. The van der Waals surface area contributed by atoms with E-state index in [2.05, 4.69) is 4.74 Å². The van der Waals surface area contributed by atoms with E-state index >= 15 is 0 Å². The Morgan fingerprint density at radius 1 is 1.33 bits per heavy atom. The van der Waals surface area contributed by atoms with Crippen LogP contribution in [-0.4, -0.2) is 40.5 Å². The molecule has 0 aromatic heterocycles. The van der Waals surface area contributed by atoms with Gasteiger partial charge in [0.1, 0.15) is 6.61 Å². The van der Waals surface area contributed by atoms with Crippen LogP contribution in [-0.2, 0) is 14.3 Å². The van der Waals surface area contributed by atoms with Crippen molar-refractivity contribution >= 4 is 11.9 Å². The zero-order valence-electron chi connectivity index (χ0n) is 6.06. The molecule has 0 amide bonds. The molecule has 3 N–H and O–H groups in total. The average Bonchev–Trinajstić information content (AvgIpc) is 1.96. The molecule has 6 nitrogen and oxygen atoms in total. The van der Waals surface area contributed by atoms with Crippen molar-refractivity contribution in [3.05, 3.63) is 11.8 Å². The lowest BCUT2D eigenvalue weighted by molar-refractivity contribution is -0.138. The number of aliphatic hydroxyl groups excluding tert-OH is 1. The summed E-state index contributed by atoms with van der Waals surface area (Å²) >= 11 is 0. The summed E-state index contributed by atoms with van der Waals surface area (Å²) < 4.78 is 4.39. The number of aliphatic hydroxyl groups is 1. The van der Waals surface area contributed by atoms with Crippen molar-refractivity contribution in [2.24, 2.45) is 0 Å². The molecule has 6 heteroatoms. The highest BCUT2D eigenvalue weighted by Gasteiger charge is 2.09. The Balaban J connectivity index is 4.23. The average molecular weight is 176 g/mol.